The SMILES string of the molecule is CC(c1ccc(Cl)c(Cl)c1)N1C(c2ncc[nH]2)C(c2ccccc2)=CN1OC=O. The fourth-order valence-electron chi connectivity index (χ4n) is 3.52. The third-order valence-corrected chi connectivity index (χ3v) is 5.63. The first-order chi connectivity index (χ1) is 14.1. The largest absolute Gasteiger partial charge is 0.347 e. The molecule has 3 aromatic rings. The van der Waals surface area contributed by atoms with E-state index >= 15 is 0 Å². The predicted molar refractivity (Wildman–Crippen MR) is 111 cm³/mol. The van der Waals surface area contributed by atoms with Crippen molar-refractivity contribution in [1.29, 1.82) is 0 Å². The molecule has 2 heterocycles. The Labute approximate surface area is 178 Å². The number of imidazole rings is 1. The number of hydroxylamine groups is 1. The van der Waals surface area contributed by atoms with Crippen LogP contribution in [0.3, 0.4) is 0 Å². The van der Waals surface area contributed by atoms with Crippen molar-refractivity contribution in [3.8, 4) is 0 Å². The zero-order valence-electron chi connectivity index (χ0n) is 15.5. The van der Waals surface area contributed by atoms with Gasteiger partial charge in [-0.2, -0.15) is 5.01 Å². The molecule has 0 bridgehead atoms. The monoisotopic (exact) mass is 428 g/mol. The number of rotatable bonds is 6. The number of hydrogen-bond acceptors (Lipinski definition) is 5. The van der Waals surface area contributed by atoms with Crippen molar-refractivity contribution >= 4 is 35.2 Å². The van der Waals surface area contributed by atoms with Crippen molar-refractivity contribution < 1.29 is 9.63 Å². The van der Waals surface area contributed by atoms with Gasteiger partial charge in [0.2, 0.25) is 0 Å². The van der Waals surface area contributed by atoms with E-state index in [1.54, 1.807) is 24.7 Å². The number of aromatic amines is 1. The number of carbonyl (C=O) groups is 1. The number of carbonyl (C=O) groups excluding carboxylic acids is 1. The second-order valence-corrected chi connectivity index (χ2v) is 7.38. The lowest BCUT2D eigenvalue weighted by atomic mass is 9.97. The molecule has 6 nitrogen and oxygen atoms in total. The number of hydrazine groups is 1. The molecule has 0 fully saturated rings. The molecule has 0 saturated carbocycles. The number of benzene rings is 2. The summed E-state index contributed by atoms with van der Waals surface area (Å²) >= 11 is 12.3. The second kappa shape index (κ2) is 8.29. The lowest BCUT2D eigenvalue weighted by Gasteiger charge is -2.35. The molecule has 2 unspecified atom stereocenters. The van der Waals surface area contributed by atoms with Crippen LogP contribution < -0.4 is 0 Å². The van der Waals surface area contributed by atoms with E-state index in [0.29, 0.717) is 16.5 Å². The Morgan fingerprint density at radius 2 is 1.97 bits per heavy atom. The first-order valence-corrected chi connectivity index (χ1v) is 9.75. The molecule has 1 aliphatic rings. The van der Waals surface area contributed by atoms with Crippen LogP contribution in [0.15, 0.2) is 67.1 Å². The number of hydrogen-bond donors (Lipinski definition) is 1. The summed E-state index contributed by atoms with van der Waals surface area (Å²) in [5.74, 6) is 0.726. The average molecular weight is 429 g/mol. The molecule has 4 rings (SSSR count). The second-order valence-electron chi connectivity index (χ2n) is 6.56. The van der Waals surface area contributed by atoms with Gasteiger partial charge in [0.05, 0.1) is 22.3 Å². The van der Waals surface area contributed by atoms with Gasteiger partial charge in [0.1, 0.15) is 11.9 Å². The molecule has 0 saturated heterocycles. The number of halogens is 2. The summed E-state index contributed by atoms with van der Waals surface area (Å²) in [5, 5.41) is 4.31. The molecule has 8 heteroatoms. The third kappa shape index (κ3) is 3.74. The van der Waals surface area contributed by atoms with E-state index in [-0.39, 0.29) is 12.1 Å². The van der Waals surface area contributed by atoms with Gasteiger partial charge in [-0.05, 0) is 30.2 Å². The van der Waals surface area contributed by atoms with Crippen LogP contribution in [-0.4, -0.2) is 26.6 Å². The van der Waals surface area contributed by atoms with Crippen LogP contribution in [0.4, 0.5) is 0 Å². The van der Waals surface area contributed by atoms with Crippen LogP contribution in [0.5, 0.6) is 0 Å². The van der Waals surface area contributed by atoms with Gasteiger partial charge in [-0.15, -0.1) is 5.17 Å². The van der Waals surface area contributed by atoms with Gasteiger partial charge in [0.15, 0.2) is 0 Å². The molecule has 0 spiro atoms. The van der Waals surface area contributed by atoms with Crippen molar-refractivity contribution in [1.82, 2.24) is 20.1 Å². The van der Waals surface area contributed by atoms with Gasteiger partial charge >= 0.3 is 6.47 Å². The van der Waals surface area contributed by atoms with E-state index < -0.39 is 0 Å². The maximum atomic E-state index is 11.2. The number of nitrogens with one attached hydrogen (secondary N) is 1. The molecule has 0 amide bonds. The molecule has 2 atom stereocenters. The van der Waals surface area contributed by atoms with E-state index in [4.69, 9.17) is 28.0 Å². The Kier molecular flexibility index (Phi) is 5.58. The summed E-state index contributed by atoms with van der Waals surface area (Å²) < 4.78 is 0. The van der Waals surface area contributed by atoms with Crippen LogP contribution in [-0.2, 0) is 9.63 Å². The summed E-state index contributed by atoms with van der Waals surface area (Å²) in [6, 6.07) is 14.8. The van der Waals surface area contributed by atoms with E-state index in [1.807, 2.05) is 54.4 Å². The van der Waals surface area contributed by atoms with E-state index in [1.165, 1.54) is 5.17 Å². The topological polar surface area (TPSA) is 61.5 Å². The molecule has 29 heavy (non-hydrogen) atoms. The van der Waals surface area contributed by atoms with E-state index in [0.717, 1.165) is 22.5 Å². The molecule has 0 aliphatic carbocycles. The Hall–Kier alpha value is -2.80. The molecule has 1 aromatic heterocycles. The number of aromatic nitrogens is 2. The minimum atomic E-state index is -0.309. The van der Waals surface area contributed by atoms with Crippen LogP contribution in [0, 0.1) is 0 Å². The van der Waals surface area contributed by atoms with Crippen LogP contribution >= 0.6 is 23.2 Å². The highest BCUT2D eigenvalue weighted by Gasteiger charge is 2.41. The minimum Gasteiger partial charge on any atom is -0.347 e. The first-order valence-electron chi connectivity index (χ1n) is 8.99. The number of nitrogens with zero attached hydrogens (tertiary/aromatic N) is 3. The van der Waals surface area contributed by atoms with Crippen molar-refractivity contribution in [2.75, 3.05) is 0 Å². The van der Waals surface area contributed by atoms with Gasteiger partial charge in [-0.3, -0.25) is 4.79 Å². The molecule has 148 valence electrons. The zero-order valence-corrected chi connectivity index (χ0v) is 17.0. The van der Waals surface area contributed by atoms with Gasteiger partial charge in [0.25, 0.3) is 0 Å². The Bertz CT molecular complexity index is 1020. The molecular weight excluding hydrogens is 411 g/mol. The van der Waals surface area contributed by atoms with Crippen LogP contribution in [0.1, 0.15) is 36.0 Å². The molecule has 1 aliphatic heterocycles. The predicted octanol–water partition coefficient (Wildman–Crippen LogP) is 5.18. The molecule has 2 aromatic carbocycles. The Morgan fingerprint density at radius 1 is 1.17 bits per heavy atom. The van der Waals surface area contributed by atoms with E-state index in [9.17, 15) is 4.79 Å². The highest BCUT2D eigenvalue weighted by Crippen LogP contribution is 2.45. The molecule has 0 radical (unpaired) electrons. The Balaban J connectivity index is 1.81. The van der Waals surface area contributed by atoms with Crippen LogP contribution in [0.25, 0.3) is 5.57 Å². The molecular formula is C21H18Cl2N4O2. The lowest BCUT2D eigenvalue weighted by molar-refractivity contribution is -0.240. The van der Waals surface area contributed by atoms with Gasteiger partial charge < -0.3 is 9.82 Å². The third-order valence-electron chi connectivity index (χ3n) is 4.90. The van der Waals surface area contributed by atoms with Gasteiger partial charge in [-0.25, -0.2) is 4.98 Å². The van der Waals surface area contributed by atoms with Crippen molar-refractivity contribution in [2.45, 2.75) is 19.0 Å². The highest BCUT2D eigenvalue weighted by molar-refractivity contribution is 6.42. The summed E-state index contributed by atoms with van der Waals surface area (Å²) in [7, 11) is 0. The van der Waals surface area contributed by atoms with Crippen molar-refractivity contribution in [3.05, 3.63) is 94.1 Å². The van der Waals surface area contributed by atoms with Gasteiger partial charge in [0, 0.05) is 18.0 Å². The highest BCUT2D eigenvalue weighted by atomic mass is 35.5. The Morgan fingerprint density at radius 3 is 2.62 bits per heavy atom. The summed E-state index contributed by atoms with van der Waals surface area (Å²) in [5.41, 5.74) is 2.85. The standard InChI is InChI=1S/C21H18Cl2N4O2/c1-14(16-7-8-18(22)19(23)11-16)27-20(21-24-9-10-25-21)17(12-26(27)29-13-28)15-5-3-2-4-6-15/h2-14,20H,1H3,(H,24,25). The summed E-state index contributed by atoms with van der Waals surface area (Å²) in [6.45, 7) is 2.40. The lowest BCUT2D eigenvalue weighted by Crippen LogP contribution is -2.39. The minimum absolute atomic E-state index is 0.211. The fourth-order valence-corrected chi connectivity index (χ4v) is 3.83. The maximum absolute atomic E-state index is 11.2. The molecule has 1 N–H and O–H groups in total. The normalized spacial score (nSPS) is 17.8. The van der Waals surface area contributed by atoms with Gasteiger partial charge in [-0.1, -0.05) is 59.6 Å². The van der Waals surface area contributed by atoms with E-state index in [2.05, 4.69) is 9.97 Å². The van der Waals surface area contributed by atoms with Crippen molar-refractivity contribution in [2.24, 2.45) is 0 Å². The number of H-pyrrole nitrogens is 1. The average Bonchev–Trinajstić information content (AvgIpc) is 3.38. The smallest absolute Gasteiger partial charge is 0.322 e. The quantitative estimate of drug-likeness (QED) is 0.547. The van der Waals surface area contributed by atoms with Crippen LogP contribution in [0.2, 0.25) is 10.0 Å². The van der Waals surface area contributed by atoms with Crippen molar-refractivity contribution in [3.63, 3.8) is 0 Å². The fraction of sp³-hybridized carbons (Fsp3) is 0.143. The first kappa shape index (κ1) is 19.5. The summed E-state index contributed by atoms with van der Waals surface area (Å²) in [4.78, 5) is 24.2. The summed E-state index contributed by atoms with van der Waals surface area (Å²) in [6.07, 6.45) is 5.26. The zero-order chi connectivity index (χ0) is 20.4. The maximum Gasteiger partial charge on any atom is 0.322 e.